The van der Waals surface area contributed by atoms with Crippen LogP contribution in [0.2, 0.25) is 0 Å². The standard InChI is InChI=1S/C15H10O/c1-2-4-12-11(3-1)9-14-13(12)6-5-10-7-8-16-15(10)14/h1-8H,9H2. The van der Waals surface area contributed by atoms with Gasteiger partial charge in [-0.2, -0.15) is 0 Å². The molecule has 0 radical (unpaired) electrons. The van der Waals surface area contributed by atoms with Crippen LogP contribution < -0.4 is 0 Å². The van der Waals surface area contributed by atoms with E-state index < -0.39 is 0 Å². The predicted molar refractivity (Wildman–Crippen MR) is 64.5 cm³/mol. The van der Waals surface area contributed by atoms with Crippen molar-refractivity contribution in [3.05, 3.63) is 59.9 Å². The second-order valence-corrected chi connectivity index (χ2v) is 4.26. The van der Waals surface area contributed by atoms with Crippen LogP contribution in [0.25, 0.3) is 22.1 Å². The number of hydrogen-bond acceptors (Lipinski definition) is 1. The van der Waals surface area contributed by atoms with E-state index in [1.807, 2.05) is 6.07 Å². The molecule has 4 rings (SSSR count). The summed E-state index contributed by atoms with van der Waals surface area (Å²) in [6.45, 7) is 0. The number of hydrogen-bond donors (Lipinski definition) is 0. The monoisotopic (exact) mass is 206 g/mol. The lowest BCUT2D eigenvalue weighted by atomic mass is 10.0. The molecule has 0 fully saturated rings. The third-order valence-electron chi connectivity index (χ3n) is 3.40. The minimum Gasteiger partial charge on any atom is -0.464 e. The molecule has 1 aliphatic rings. The molecule has 0 saturated heterocycles. The van der Waals surface area contributed by atoms with Gasteiger partial charge in [-0.15, -0.1) is 0 Å². The van der Waals surface area contributed by atoms with Gasteiger partial charge in [-0.05, 0) is 22.8 Å². The Morgan fingerprint density at radius 3 is 2.81 bits per heavy atom. The van der Waals surface area contributed by atoms with Gasteiger partial charge in [-0.25, -0.2) is 0 Å². The van der Waals surface area contributed by atoms with E-state index in [0.29, 0.717) is 0 Å². The van der Waals surface area contributed by atoms with Gasteiger partial charge in [0.15, 0.2) is 0 Å². The van der Waals surface area contributed by atoms with E-state index in [1.165, 1.54) is 27.6 Å². The van der Waals surface area contributed by atoms with Crippen molar-refractivity contribution in [1.82, 2.24) is 0 Å². The van der Waals surface area contributed by atoms with Crippen molar-refractivity contribution in [3.63, 3.8) is 0 Å². The molecule has 1 aromatic heterocycles. The van der Waals surface area contributed by atoms with E-state index in [9.17, 15) is 0 Å². The van der Waals surface area contributed by atoms with Gasteiger partial charge in [-0.3, -0.25) is 0 Å². The minimum absolute atomic E-state index is 0.996. The highest BCUT2D eigenvalue weighted by atomic mass is 16.3. The van der Waals surface area contributed by atoms with E-state index in [2.05, 4.69) is 36.4 Å². The molecule has 0 aliphatic heterocycles. The fourth-order valence-corrected chi connectivity index (χ4v) is 2.65. The van der Waals surface area contributed by atoms with Crippen LogP contribution in [-0.2, 0) is 6.42 Å². The topological polar surface area (TPSA) is 13.1 Å². The highest BCUT2D eigenvalue weighted by molar-refractivity contribution is 5.91. The molecule has 0 saturated carbocycles. The summed E-state index contributed by atoms with van der Waals surface area (Å²) in [6, 6.07) is 15.0. The summed E-state index contributed by atoms with van der Waals surface area (Å²) in [5, 5.41) is 1.20. The van der Waals surface area contributed by atoms with Crippen molar-refractivity contribution in [1.29, 1.82) is 0 Å². The van der Waals surface area contributed by atoms with Crippen molar-refractivity contribution >= 4 is 11.0 Å². The summed E-state index contributed by atoms with van der Waals surface area (Å²) in [5.41, 5.74) is 6.48. The first-order valence-electron chi connectivity index (χ1n) is 5.51. The lowest BCUT2D eigenvalue weighted by molar-refractivity contribution is 0.612. The average Bonchev–Trinajstić information content (AvgIpc) is 2.92. The molecule has 1 heteroatoms. The Morgan fingerprint density at radius 1 is 0.875 bits per heavy atom. The highest BCUT2D eigenvalue weighted by Crippen LogP contribution is 2.40. The number of rotatable bonds is 0. The van der Waals surface area contributed by atoms with Gasteiger partial charge in [0, 0.05) is 17.4 Å². The van der Waals surface area contributed by atoms with Gasteiger partial charge in [0.05, 0.1) is 6.26 Å². The van der Waals surface area contributed by atoms with Crippen LogP contribution >= 0.6 is 0 Å². The SMILES string of the molecule is c1ccc2c(c1)Cc1c-2ccc2ccoc12. The molecule has 16 heavy (non-hydrogen) atoms. The number of fused-ring (bicyclic) bond motifs is 5. The zero-order valence-electron chi connectivity index (χ0n) is 8.73. The maximum atomic E-state index is 5.59. The molecule has 1 nitrogen and oxygen atoms in total. The molecule has 0 amide bonds. The first-order valence-corrected chi connectivity index (χ1v) is 5.51. The molecular formula is C15H10O. The molecule has 0 N–H and O–H groups in total. The summed E-state index contributed by atoms with van der Waals surface area (Å²) in [5.74, 6) is 0. The van der Waals surface area contributed by atoms with Crippen molar-refractivity contribution in [2.24, 2.45) is 0 Å². The summed E-state index contributed by atoms with van der Waals surface area (Å²) >= 11 is 0. The Bertz CT molecular complexity index is 691. The van der Waals surface area contributed by atoms with Crippen LogP contribution in [0.15, 0.2) is 53.1 Å². The fourth-order valence-electron chi connectivity index (χ4n) is 2.65. The molecule has 76 valence electrons. The van der Waals surface area contributed by atoms with E-state index >= 15 is 0 Å². The van der Waals surface area contributed by atoms with Gasteiger partial charge >= 0.3 is 0 Å². The Labute approximate surface area is 93.3 Å². The Morgan fingerprint density at radius 2 is 1.81 bits per heavy atom. The average molecular weight is 206 g/mol. The largest absolute Gasteiger partial charge is 0.464 e. The lowest BCUT2D eigenvalue weighted by Gasteiger charge is -2.00. The Kier molecular flexibility index (Phi) is 1.41. The third-order valence-corrected chi connectivity index (χ3v) is 3.40. The predicted octanol–water partition coefficient (Wildman–Crippen LogP) is 4.00. The van der Waals surface area contributed by atoms with Crippen molar-refractivity contribution in [2.75, 3.05) is 0 Å². The summed E-state index contributed by atoms with van der Waals surface area (Å²) in [7, 11) is 0. The van der Waals surface area contributed by atoms with E-state index in [0.717, 1.165) is 12.0 Å². The van der Waals surface area contributed by atoms with Crippen LogP contribution in [0.1, 0.15) is 11.1 Å². The molecule has 1 aliphatic carbocycles. The molecule has 1 heterocycles. The van der Waals surface area contributed by atoms with Crippen LogP contribution in [-0.4, -0.2) is 0 Å². The Balaban J connectivity index is 2.13. The maximum Gasteiger partial charge on any atom is 0.137 e. The van der Waals surface area contributed by atoms with Crippen molar-refractivity contribution in [3.8, 4) is 11.1 Å². The van der Waals surface area contributed by atoms with Crippen LogP contribution in [0.3, 0.4) is 0 Å². The summed E-state index contributed by atoms with van der Waals surface area (Å²) < 4.78 is 5.59. The van der Waals surface area contributed by atoms with Crippen LogP contribution in [0.5, 0.6) is 0 Å². The van der Waals surface area contributed by atoms with E-state index in [-0.39, 0.29) is 0 Å². The zero-order valence-corrected chi connectivity index (χ0v) is 8.73. The summed E-state index contributed by atoms with van der Waals surface area (Å²) in [4.78, 5) is 0. The first kappa shape index (κ1) is 8.17. The van der Waals surface area contributed by atoms with Gasteiger partial charge in [0.1, 0.15) is 5.58 Å². The van der Waals surface area contributed by atoms with Gasteiger partial charge in [0.25, 0.3) is 0 Å². The fraction of sp³-hybridized carbons (Fsp3) is 0.0667. The van der Waals surface area contributed by atoms with Gasteiger partial charge < -0.3 is 4.42 Å². The zero-order chi connectivity index (χ0) is 10.5. The van der Waals surface area contributed by atoms with Gasteiger partial charge in [0.2, 0.25) is 0 Å². The molecule has 0 unspecified atom stereocenters. The highest BCUT2D eigenvalue weighted by Gasteiger charge is 2.20. The second kappa shape index (κ2) is 2.76. The molecule has 0 atom stereocenters. The minimum atomic E-state index is 0.996. The maximum absolute atomic E-state index is 5.59. The summed E-state index contributed by atoms with van der Waals surface area (Å²) in [6.07, 6.45) is 2.77. The molecule has 3 aromatic rings. The smallest absolute Gasteiger partial charge is 0.137 e. The Hall–Kier alpha value is -2.02. The van der Waals surface area contributed by atoms with E-state index in [4.69, 9.17) is 4.42 Å². The lowest BCUT2D eigenvalue weighted by Crippen LogP contribution is -1.80. The molecular weight excluding hydrogens is 196 g/mol. The first-order chi connectivity index (χ1) is 7.93. The van der Waals surface area contributed by atoms with Crippen molar-refractivity contribution in [2.45, 2.75) is 6.42 Å². The third kappa shape index (κ3) is 0.904. The molecule has 0 bridgehead atoms. The van der Waals surface area contributed by atoms with Crippen LogP contribution in [0.4, 0.5) is 0 Å². The van der Waals surface area contributed by atoms with Gasteiger partial charge in [-0.1, -0.05) is 36.4 Å². The van der Waals surface area contributed by atoms with Crippen LogP contribution in [0, 0.1) is 0 Å². The van der Waals surface area contributed by atoms with Crippen molar-refractivity contribution < 1.29 is 4.42 Å². The number of benzene rings is 2. The quantitative estimate of drug-likeness (QED) is 0.423. The molecule has 2 aromatic carbocycles. The van der Waals surface area contributed by atoms with E-state index in [1.54, 1.807) is 6.26 Å². The second-order valence-electron chi connectivity index (χ2n) is 4.26. The normalized spacial score (nSPS) is 12.8. The molecule has 0 spiro atoms. The number of furan rings is 1.